The zero-order chi connectivity index (χ0) is 17.6. The first-order valence-electron chi connectivity index (χ1n) is 8.19. The molecule has 0 bridgehead atoms. The van der Waals surface area contributed by atoms with E-state index in [0.29, 0.717) is 12.8 Å². The summed E-state index contributed by atoms with van der Waals surface area (Å²) in [7, 11) is 0. The Balaban J connectivity index is 1.50. The predicted molar refractivity (Wildman–Crippen MR) is 99.4 cm³/mol. The third-order valence-corrected chi connectivity index (χ3v) is 4.83. The molecule has 0 unspecified atom stereocenters. The smallest absolute Gasteiger partial charge is 0.306 e. The number of carbonyl (C=O) groups excluding carboxylic acids is 1. The van der Waals surface area contributed by atoms with Crippen molar-refractivity contribution in [1.29, 1.82) is 0 Å². The first-order valence-corrected chi connectivity index (χ1v) is 9.07. The molecular formula is C20H20N2O2S. The summed E-state index contributed by atoms with van der Waals surface area (Å²) in [5, 5.41) is 2.74. The molecule has 0 fully saturated rings. The normalized spacial score (nSPS) is 10.6. The van der Waals surface area contributed by atoms with Crippen molar-refractivity contribution in [3.05, 3.63) is 70.4 Å². The number of aryl methyl sites for hydroxylation is 3. The summed E-state index contributed by atoms with van der Waals surface area (Å²) in [6.07, 6.45) is 2.81. The Labute approximate surface area is 151 Å². The van der Waals surface area contributed by atoms with Crippen LogP contribution in [0, 0.1) is 13.8 Å². The Morgan fingerprint density at radius 2 is 2.08 bits per heavy atom. The van der Waals surface area contributed by atoms with Gasteiger partial charge in [0.1, 0.15) is 11.6 Å². The van der Waals surface area contributed by atoms with Crippen molar-refractivity contribution in [3.8, 4) is 10.7 Å². The van der Waals surface area contributed by atoms with E-state index in [1.807, 2.05) is 23.6 Å². The molecule has 0 aliphatic heterocycles. The van der Waals surface area contributed by atoms with Crippen LogP contribution in [0.3, 0.4) is 0 Å². The number of thiazole rings is 1. The maximum atomic E-state index is 12.0. The van der Waals surface area contributed by atoms with Gasteiger partial charge in [-0.1, -0.05) is 29.8 Å². The highest BCUT2D eigenvalue weighted by Gasteiger charge is 2.09. The SMILES string of the molecule is Cc1ccc(CCC(=O)OCc2csc(-c3ccccn3)n2)c(C)c1. The van der Waals surface area contributed by atoms with Crippen molar-refractivity contribution in [2.24, 2.45) is 0 Å². The van der Waals surface area contributed by atoms with Crippen molar-refractivity contribution < 1.29 is 9.53 Å². The highest BCUT2D eigenvalue weighted by molar-refractivity contribution is 7.13. The van der Waals surface area contributed by atoms with Gasteiger partial charge in [0, 0.05) is 18.0 Å². The molecule has 128 valence electrons. The van der Waals surface area contributed by atoms with Gasteiger partial charge in [-0.2, -0.15) is 0 Å². The summed E-state index contributed by atoms with van der Waals surface area (Å²) >= 11 is 1.50. The fraction of sp³-hybridized carbons (Fsp3) is 0.250. The lowest BCUT2D eigenvalue weighted by atomic mass is 10.0. The van der Waals surface area contributed by atoms with Crippen molar-refractivity contribution in [1.82, 2.24) is 9.97 Å². The summed E-state index contributed by atoms with van der Waals surface area (Å²) < 4.78 is 5.35. The average molecular weight is 352 g/mol. The van der Waals surface area contributed by atoms with Crippen LogP contribution in [0.5, 0.6) is 0 Å². The van der Waals surface area contributed by atoms with Gasteiger partial charge in [0.2, 0.25) is 0 Å². The number of carbonyl (C=O) groups is 1. The van der Waals surface area contributed by atoms with E-state index in [-0.39, 0.29) is 12.6 Å². The van der Waals surface area contributed by atoms with E-state index in [9.17, 15) is 4.79 Å². The number of hydrogen-bond donors (Lipinski definition) is 0. The van der Waals surface area contributed by atoms with E-state index in [2.05, 4.69) is 42.0 Å². The Kier molecular flexibility index (Phi) is 5.56. The van der Waals surface area contributed by atoms with Gasteiger partial charge in [-0.05, 0) is 43.5 Å². The van der Waals surface area contributed by atoms with E-state index in [1.165, 1.54) is 28.0 Å². The van der Waals surface area contributed by atoms with Gasteiger partial charge >= 0.3 is 5.97 Å². The highest BCUT2D eigenvalue weighted by atomic mass is 32.1. The van der Waals surface area contributed by atoms with E-state index < -0.39 is 0 Å². The van der Waals surface area contributed by atoms with E-state index in [1.54, 1.807) is 6.20 Å². The fourth-order valence-electron chi connectivity index (χ4n) is 2.57. The van der Waals surface area contributed by atoms with Crippen LogP contribution in [-0.2, 0) is 22.6 Å². The molecule has 0 N–H and O–H groups in total. The summed E-state index contributed by atoms with van der Waals surface area (Å²) in [5.74, 6) is -0.202. The van der Waals surface area contributed by atoms with E-state index in [4.69, 9.17) is 4.74 Å². The molecule has 3 rings (SSSR count). The zero-order valence-electron chi connectivity index (χ0n) is 14.4. The molecule has 0 saturated heterocycles. The molecule has 0 amide bonds. The largest absolute Gasteiger partial charge is 0.459 e. The van der Waals surface area contributed by atoms with Gasteiger partial charge in [0.15, 0.2) is 0 Å². The summed E-state index contributed by atoms with van der Waals surface area (Å²) in [6.45, 7) is 4.34. The van der Waals surface area contributed by atoms with Crippen molar-refractivity contribution >= 4 is 17.3 Å². The second-order valence-corrected chi connectivity index (χ2v) is 6.81. The lowest BCUT2D eigenvalue weighted by Crippen LogP contribution is -2.06. The third-order valence-electron chi connectivity index (χ3n) is 3.91. The summed E-state index contributed by atoms with van der Waals surface area (Å²) in [4.78, 5) is 20.7. The van der Waals surface area contributed by atoms with Crippen LogP contribution < -0.4 is 0 Å². The molecule has 0 aliphatic rings. The number of hydrogen-bond acceptors (Lipinski definition) is 5. The number of aromatic nitrogens is 2. The van der Waals surface area contributed by atoms with Crippen LogP contribution in [-0.4, -0.2) is 15.9 Å². The number of pyridine rings is 1. The number of ether oxygens (including phenoxy) is 1. The third kappa shape index (κ3) is 4.73. The highest BCUT2D eigenvalue weighted by Crippen LogP contribution is 2.21. The van der Waals surface area contributed by atoms with Crippen molar-refractivity contribution in [2.75, 3.05) is 0 Å². The Bertz CT molecular complexity index is 859. The first-order chi connectivity index (χ1) is 12.1. The average Bonchev–Trinajstić information content (AvgIpc) is 3.09. The molecule has 0 spiro atoms. The van der Waals surface area contributed by atoms with Crippen LogP contribution >= 0.6 is 11.3 Å². The molecule has 25 heavy (non-hydrogen) atoms. The number of esters is 1. The molecule has 4 nitrogen and oxygen atoms in total. The minimum absolute atomic E-state index is 0.202. The monoisotopic (exact) mass is 352 g/mol. The maximum Gasteiger partial charge on any atom is 0.306 e. The molecule has 1 aromatic carbocycles. The lowest BCUT2D eigenvalue weighted by Gasteiger charge is -2.07. The number of nitrogens with zero attached hydrogens (tertiary/aromatic N) is 2. The van der Waals surface area contributed by atoms with Gasteiger partial charge < -0.3 is 4.74 Å². The molecule has 2 aromatic heterocycles. The topological polar surface area (TPSA) is 52.1 Å². The molecular weight excluding hydrogens is 332 g/mol. The summed E-state index contributed by atoms with van der Waals surface area (Å²) in [6, 6.07) is 12.0. The molecule has 0 aliphatic carbocycles. The van der Waals surface area contributed by atoms with Crippen LogP contribution in [0.4, 0.5) is 0 Å². The van der Waals surface area contributed by atoms with Crippen molar-refractivity contribution in [3.63, 3.8) is 0 Å². The minimum Gasteiger partial charge on any atom is -0.459 e. The van der Waals surface area contributed by atoms with Gasteiger partial charge in [-0.15, -0.1) is 11.3 Å². The first kappa shape index (κ1) is 17.3. The molecule has 0 radical (unpaired) electrons. The zero-order valence-corrected chi connectivity index (χ0v) is 15.2. The van der Waals surface area contributed by atoms with Crippen LogP contribution in [0.25, 0.3) is 10.7 Å². The van der Waals surface area contributed by atoms with Gasteiger partial charge in [0.25, 0.3) is 0 Å². The van der Waals surface area contributed by atoms with Gasteiger partial charge in [0.05, 0.1) is 11.4 Å². The minimum atomic E-state index is -0.202. The Morgan fingerprint density at radius 1 is 1.20 bits per heavy atom. The van der Waals surface area contributed by atoms with Crippen LogP contribution in [0.15, 0.2) is 48.0 Å². The predicted octanol–water partition coefficient (Wildman–Crippen LogP) is 4.50. The van der Waals surface area contributed by atoms with E-state index >= 15 is 0 Å². The van der Waals surface area contributed by atoms with Crippen molar-refractivity contribution in [2.45, 2.75) is 33.3 Å². The fourth-order valence-corrected chi connectivity index (χ4v) is 3.35. The molecule has 0 saturated carbocycles. The van der Waals surface area contributed by atoms with Crippen LogP contribution in [0.1, 0.15) is 28.8 Å². The Morgan fingerprint density at radius 3 is 2.84 bits per heavy atom. The second-order valence-electron chi connectivity index (χ2n) is 5.95. The molecule has 2 heterocycles. The maximum absolute atomic E-state index is 12.0. The van der Waals surface area contributed by atoms with Gasteiger partial charge in [-0.25, -0.2) is 4.98 Å². The Hall–Kier alpha value is -2.53. The lowest BCUT2D eigenvalue weighted by molar-refractivity contribution is -0.145. The summed E-state index contributed by atoms with van der Waals surface area (Å²) in [5.41, 5.74) is 5.22. The number of rotatable bonds is 6. The standard InChI is InChI=1S/C20H20N2O2S/c1-14-6-7-16(15(2)11-14)8-9-19(23)24-12-17-13-25-20(22-17)18-5-3-4-10-21-18/h3-7,10-11,13H,8-9,12H2,1-2H3. The van der Waals surface area contributed by atoms with E-state index in [0.717, 1.165) is 16.4 Å². The van der Waals surface area contributed by atoms with Gasteiger partial charge in [-0.3, -0.25) is 9.78 Å². The van der Waals surface area contributed by atoms with Crippen LogP contribution in [0.2, 0.25) is 0 Å². The quantitative estimate of drug-likeness (QED) is 0.613. The molecule has 3 aromatic rings. The molecule has 0 atom stereocenters. The second kappa shape index (κ2) is 8.03. The molecule has 5 heteroatoms. The number of benzene rings is 1.